The fourth-order valence-electron chi connectivity index (χ4n) is 2.57. The summed E-state index contributed by atoms with van der Waals surface area (Å²) in [6.45, 7) is 0.655. The van der Waals surface area contributed by atoms with Crippen molar-refractivity contribution < 1.29 is 9.59 Å². The van der Waals surface area contributed by atoms with Crippen molar-refractivity contribution in [3.63, 3.8) is 0 Å². The van der Waals surface area contributed by atoms with Crippen molar-refractivity contribution in [1.82, 2.24) is 9.88 Å². The number of Topliss-reactive ketones (excluding diaryl/α,β-unsaturated/α-hetero) is 1. The molecule has 2 aromatic carbocycles. The number of fused-ring (bicyclic) bond motifs is 1. The van der Waals surface area contributed by atoms with E-state index in [0.717, 1.165) is 16.5 Å². The van der Waals surface area contributed by atoms with Crippen LogP contribution in [0.15, 0.2) is 60.8 Å². The van der Waals surface area contributed by atoms with Crippen LogP contribution >= 0.6 is 0 Å². The van der Waals surface area contributed by atoms with Crippen LogP contribution in [0, 0.1) is 0 Å². The minimum atomic E-state index is -0.595. The summed E-state index contributed by atoms with van der Waals surface area (Å²) in [6, 6.07) is 17.6. The fourth-order valence-corrected chi connectivity index (χ4v) is 2.57. The van der Waals surface area contributed by atoms with E-state index in [9.17, 15) is 9.59 Å². The third-order valence-corrected chi connectivity index (χ3v) is 3.66. The second kappa shape index (κ2) is 5.85. The number of aromatic nitrogens is 1. The third-order valence-electron chi connectivity index (χ3n) is 3.66. The number of benzene rings is 2. The number of para-hydroxylation sites is 1. The van der Waals surface area contributed by atoms with Gasteiger partial charge in [0.2, 0.25) is 0 Å². The van der Waals surface area contributed by atoms with Gasteiger partial charge in [-0.05, 0) is 11.6 Å². The molecular formula is C18H16N2O2. The first kappa shape index (κ1) is 14.1. The lowest BCUT2D eigenvalue weighted by Gasteiger charge is -2.05. The molecule has 0 unspecified atom stereocenters. The number of nitrogens with one attached hydrogen (secondary N) is 1. The maximum atomic E-state index is 12.2. The molecule has 4 nitrogen and oxygen atoms in total. The SMILES string of the molecule is CNC(=O)C(=O)c1cn(Cc2ccccc2)c2ccccc12. The van der Waals surface area contributed by atoms with E-state index < -0.39 is 11.7 Å². The molecule has 0 radical (unpaired) electrons. The maximum absolute atomic E-state index is 12.2. The Labute approximate surface area is 128 Å². The average molecular weight is 292 g/mol. The van der Waals surface area contributed by atoms with Crippen LogP contribution < -0.4 is 5.32 Å². The number of likely N-dealkylation sites (N-methyl/N-ethyl adjacent to an activating group) is 1. The minimum absolute atomic E-state index is 0.436. The van der Waals surface area contributed by atoms with Crippen molar-refractivity contribution in [2.45, 2.75) is 6.54 Å². The van der Waals surface area contributed by atoms with Crippen molar-refractivity contribution in [2.75, 3.05) is 7.05 Å². The molecule has 0 atom stereocenters. The zero-order valence-electron chi connectivity index (χ0n) is 12.2. The van der Waals surface area contributed by atoms with Gasteiger partial charge < -0.3 is 9.88 Å². The summed E-state index contributed by atoms with van der Waals surface area (Å²) < 4.78 is 2.00. The van der Waals surface area contributed by atoms with Crippen molar-refractivity contribution in [3.8, 4) is 0 Å². The van der Waals surface area contributed by atoms with Crippen molar-refractivity contribution in [3.05, 3.63) is 71.9 Å². The van der Waals surface area contributed by atoms with Gasteiger partial charge in [0, 0.05) is 30.7 Å². The summed E-state index contributed by atoms with van der Waals surface area (Å²) in [7, 11) is 1.46. The Bertz CT molecular complexity index is 835. The van der Waals surface area contributed by atoms with Gasteiger partial charge in [-0.25, -0.2) is 0 Å². The van der Waals surface area contributed by atoms with Crippen molar-refractivity contribution in [1.29, 1.82) is 0 Å². The molecule has 0 saturated heterocycles. The molecule has 1 heterocycles. The van der Waals surface area contributed by atoms with Gasteiger partial charge in [0.25, 0.3) is 11.7 Å². The summed E-state index contributed by atoms with van der Waals surface area (Å²) in [4.78, 5) is 23.9. The summed E-state index contributed by atoms with van der Waals surface area (Å²) in [5.41, 5.74) is 2.52. The summed E-state index contributed by atoms with van der Waals surface area (Å²) in [5.74, 6) is -1.10. The highest BCUT2D eigenvalue weighted by molar-refractivity contribution is 6.44. The molecule has 4 heteroatoms. The summed E-state index contributed by atoms with van der Waals surface area (Å²) in [5, 5.41) is 3.19. The largest absolute Gasteiger partial charge is 0.352 e. The molecule has 1 N–H and O–H groups in total. The topological polar surface area (TPSA) is 51.1 Å². The third kappa shape index (κ3) is 2.51. The molecule has 0 aliphatic rings. The van der Waals surface area contributed by atoms with E-state index in [2.05, 4.69) is 5.32 Å². The summed E-state index contributed by atoms with van der Waals surface area (Å²) >= 11 is 0. The first-order chi connectivity index (χ1) is 10.7. The Morgan fingerprint density at radius 3 is 2.41 bits per heavy atom. The first-order valence-electron chi connectivity index (χ1n) is 7.09. The number of hydrogen-bond donors (Lipinski definition) is 1. The highest BCUT2D eigenvalue weighted by Gasteiger charge is 2.20. The smallest absolute Gasteiger partial charge is 0.292 e. The molecule has 3 rings (SSSR count). The Balaban J connectivity index is 2.08. The Morgan fingerprint density at radius 2 is 1.68 bits per heavy atom. The van der Waals surface area contributed by atoms with Crippen molar-refractivity contribution >= 4 is 22.6 Å². The zero-order valence-corrected chi connectivity index (χ0v) is 12.2. The molecule has 0 spiro atoms. The lowest BCUT2D eigenvalue weighted by atomic mass is 10.1. The number of carbonyl (C=O) groups is 2. The standard InChI is InChI=1S/C18H16N2O2/c1-19-18(22)17(21)15-12-20(11-13-7-3-2-4-8-13)16-10-6-5-9-14(15)16/h2-10,12H,11H2,1H3,(H,19,22). The van der Waals surface area contributed by atoms with Gasteiger partial charge in [-0.3, -0.25) is 9.59 Å². The molecule has 1 amide bonds. The molecule has 0 aliphatic heterocycles. The van der Waals surface area contributed by atoms with Crippen LogP contribution in [0.25, 0.3) is 10.9 Å². The molecule has 3 aromatic rings. The molecule has 0 bridgehead atoms. The molecular weight excluding hydrogens is 276 g/mol. The van der Waals surface area contributed by atoms with Gasteiger partial charge in [-0.2, -0.15) is 0 Å². The molecule has 0 aliphatic carbocycles. The van der Waals surface area contributed by atoms with Crippen LogP contribution in [-0.4, -0.2) is 23.3 Å². The number of hydrogen-bond acceptors (Lipinski definition) is 2. The average Bonchev–Trinajstić information content (AvgIpc) is 2.93. The van der Waals surface area contributed by atoms with E-state index in [-0.39, 0.29) is 0 Å². The lowest BCUT2D eigenvalue weighted by molar-refractivity contribution is -0.116. The van der Waals surface area contributed by atoms with Gasteiger partial charge in [0.05, 0.1) is 5.56 Å². The number of carbonyl (C=O) groups excluding carboxylic acids is 2. The minimum Gasteiger partial charge on any atom is -0.352 e. The normalized spacial score (nSPS) is 10.6. The van der Waals surface area contributed by atoms with Gasteiger partial charge in [0.1, 0.15) is 0 Å². The first-order valence-corrected chi connectivity index (χ1v) is 7.09. The molecule has 22 heavy (non-hydrogen) atoms. The van der Waals surface area contributed by atoms with Crippen LogP contribution in [-0.2, 0) is 11.3 Å². The molecule has 110 valence electrons. The second-order valence-corrected chi connectivity index (χ2v) is 5.08. The maximum Gasteiger partial charge on any atom is 0.292 e. The van der Waals surface area contributed by atoms with E-state index >= 15 is 0 Å². The van der Waals surface area contributed by atoms with E-state index in [1.165, 1.54) is 7.05 Å². The lowest BCUT2D eigenvalue weighted by Crippen LogP contribution is -2.27. The highest BCUT2D eigenvalue weighted by atomic mass is 16.2. The molecule has 1 aromatic heterocycles. The van der Waals surface area contributed by atoms with E-state index in [0.29, 0.717) is 12.1 Å². The molecule has 0 fully saturated rings. The quantitative estimate of drug-likeness (QED) is 0.593. The van der Waals surface area contributed by atoms with E-state index in [1.807, 2.05) is 59.2 Å². The fraction of sp³-hybridized carbons (Fsp3) is 0.111. The number of nitrogens with zero attached hydrogens (tertiary/aromatic N) is 1. The van der Waals surface area contributed by atoms with Crippen LogP contribution in [0.1, 0.15) is 15.9 Å². The van der Waals surface area contributed by atoms with Crippen LogP contribution in [0.3, 0.4) is 0 Å². The monoisotopic (exact) mass is 292 g/mol. The second-order valence-electron chi connectivity index (χ2n) is 5.08. The van der Waals surface area contributed by atoms with Gasteiger partial charge in [0.15, 0.2) is 0 Å². The number of ketones is 1. The van der Waals surface area contributed by atoms with Gasteiger partial charge >= 0.3 is 0 Å². The Kier molecular flexibility index (Phi) is 3.74. The predicted molar refractivity (Wildman–Crippen MR) is 85.9 cm³/mol. The Morgan fingerprint density at radius 1 is 1.00 bits per heavy atom. The van der Waals surface area contributed by atoms with Crippen LogP contribution in [0.2, 0.25) is 0 Å². The van der Waals surface area contributed by atoms with Gasteiger partial charge in [-0.15, -0.1) is 0 Å². The van der Waals surface area contributed by atoms with Crippen LogP contribution in [0.4, 0.5) is 0 Å². The Hall–Kier alpha value is -2.88. The number of amides is 1. The molecule has 0 saturated carbocycles. The predicted octanol–water partition coefficient (Wildman–Crippen LogP) is 2.62. The van der Waals surface area contributed by atoms with Crippen molar-refractivity contribution in [2.24, 2.45) is 0 Å². The number of rotatable bonds is 4. The zero-order chi connectivity index (χ0) is 15.5. The van der Waals surface area contributed by atoms with Crippen LogP contribution in [0.5, 0.6) is 0 Å². The highest BCUT2D eigenvalue weighted by Crippen LogP contribution is 2.23. The summed E-state index contributed by atoms with van der Waals surface area (Å²) in [6.07, 6.45) is 1.76. The van der Waals surface area contributed by atoms with E-state index in [1.54, 1.807) is 6.20 Å². The van der Waals surface area contributed by atoms with E-state index in [4.69, 9.17) is 0 Å². The van der Waals surface area contributed by atoms with Gasteiger partial charge in [-0.1, -0.05) is 48.5 Å².